The van der Waals surface area contributed by atoms with Crippen molar-refractivity contribution in [3.8, 4) is 0 Å². The minimum Gasteiger partial charge on any atom is -0.390 e. The van der Waals surface area contributed by atoms with Gasteiger partial charge in [-0.1, -0.05) is 34.1 Å². The van der Waals surface area contributed by atoms with Crippen LogP contribution in [0, 0.1) is 11.3 Å². The van der Waals surface area contributed by atoms with Crippen LogP contribution in [-0.2, 0) is 0 Å². The van der Waals surface area contributed by atoms with E-state index in [0.717, 1.165) is 12.8 Å². The van der Waals surface area contributed by atoms with Crippen molar-refractivity contribution in [3.05, 3.63) is 0 Å². The Morgan fingerprint density at radius 3 is 2.42 bits per heavy atom. The van der Waals surface area contributed by atoms with Crippen molar-refractivity contribution in [1.82, 2.24) is 0 Å². The Bertz CT molecular complexity index is 157. The van der Waals surface area contributed by atoms with Gasteiger partial charge in [0.2, 0.25) is 0 Å². The molecule has 0 aliphatic heterocycles. The molecule has 1 aliphatic rings. The van der Waals surface area contributed by atoms with Gasteiger partial charge in [0.25, 0.3) is 0 Å². The minimum absolute atomic E-state index is 0.275. The van der Waals surface area contributed by atoms with Gasteiger partial charge < -0.3 is 5.11 Å². The van der Waals surface area contributed by atoms with Gasteiger partial charge in [0.1, 0.15) is 0 Å². The Hall–Kier alpha value is -0.0400. The molecular weight excluding hydrogens is 148 g/mol. The van der Waals surface area contributed by atoms with E-state index < -0.39 is 0 Å². The van der Waals surface area contributed by atoms with E-state index in [1.165, 1.54) is 12.8 Å². The van der Waals surface area contributed by atoms with Crippen LogP contribution in [0.3, 0.4) is 0 Å². The van der Waals surface area contributed by atoms with E-state index in [4.69, 9.17) is 0 Å². The summed E-state index contributed by atoms with van der Waals surface area (Å²) >= 11 is 0. The van der Waals surface area contributed by atoms with Crippen molar-refractivity contribution in [2.24, 2.45) is 11.3 Å². The molecule has 0 aromatic rings. The molecule has 12 heavy (non-hydrogen) atoms. The third kappa shape index (κ3) is 2.48. The molecule has 1 nitrogen and oxygen atoms in total. The number of hydrogen-bond acceptors (Lipinski definition) is 1. The van der Waals surface area contributed by atoms with E-state index in [0.29, 0.717) is 5.92 Å². The van der Waals surface area contributed by atoms with Crippen molar-refractivity contribution in [1.29, 1.82) is 0 Å². The maximum atomic E-state index is 10.1. The maximum absolute atomic E-state index is 10.1. The quantitative estimate of drug-likeness (QED) is 0.690. The largest absolute Gasteiger partial charge is 0.390 e. The molecule has 0 saturated heterocycles. The van der Waals surface area contributed by atoms with Gasteiger partial charge >= 0.3 is 0 Å². The van der Waals surface area contributed by atoms with Crippen molar-refractivity contribution in [3.63, 3.8) is 0 Å². The number of hydrogen-bond donors (Lipinski definition) is 1. The molecule has 1 rings (SSSR count). The van der Waals surface area contributed by atoms with Crippen LogP contribution in [0.15, 0.2) is 0 Å². The summed E-state index contributed by atoms with van der Waals surface area (Å²) in [5.41, 5.74) is -0.0223. The van der Waals surface area contributed by atoms with Crippen molar-refractivity contribution in [2.45, 2.75) is 59.0 Å². The van der Waals surface area contributed by atoms with Crippen molar-refractivity contribution < 1.29 is 5.11 Å². The lowest BCUT2D eigenvalue weighted by Gasteiger charge is -2.22. The molecule has 0 aromatic heterocycles. The topological polar surface area (TPSA) is 20.2 Å². The molecule has 0 radical (unpaired) electrons. The summed E-state index contributed by atoms with van der Waals surface area (Å²) in [6.45, 7) is 8.79. The highest BCUT2D eigenvalue weighted by Crippen LogP contribution is 2.52. The third-order valence-corrected chi connectivity index (χ3v) is 2.67. The fraction of sp³-hybridized carbons (Fsp3) is 1.00. The first-order valence-corrected chi connectivity index (χ1v) is 5.10. The summed E-state index contributed by atoms with van der Waals surface area (Å²) in [6, 6.07) is 0. The van der Waals surface area contributed by atoms with E-state index in [2.05, 4.69) is 27.7 Å². The fourth-order valence-electron chi connectivity index (χ4n) is 2.22. The highest BCUT2D eigenvalue weighted by Gasteiger charge is 2.53. The number of aliphatic hydroxyl groups is 1. The maximum Gasteiger partial charge on any atom is 0.0685 e. The Morgan fingerprint density at radius 1 is 1.42 bits per heavy atom. The van der Waals surface area contributed by atoms with E-state index >= 15 is 0 Å². The zero-order valence-electron chi connectivity index (χ0n) is 8.85. The standard InChI is InChI=1S/C11H22O/c1-5-6-9-7-11(9,12)8-10(2,3)4/h9,12H,5-8H2,1-4H3. The Labute approximate surface area is 76.2 Å². The van der Waals surface area contributed by atoms with Crippen LogP contribution in [0.1, 0.15) is 53.4 Å². The highest BCUT2D eigenvalue weighted by atomic mass is 16.3. The van der Waals surface area contributed by atoms with Gasteiger partial charge in [-0.05, 0) is 30.6 Å². The average molecular weight is 170 g/mol. The first-order chi connectivity index (χ1) is 5.37. The second-order valence-corrected chi connectivity index (χ2v) is 5.53. The van der Waals surface area contributed by atoms with Crippen LogP contribution in [-0.4, -0.2) is 10.7 Å². The predicted octanol–water partition coefficient (Wildman–Crippen LogP) is 2.97. The van der Waals surface area contributed by atoms with E-state index in [-0.39, 0.29) is 11.0 Å². The van der Waals surface area contributed by atoms with Crippen LogP contribution in [0.4, 0.5) is 0 Å². The van der Waals surface area contributed by atoms with Gasteiger partial charge in [-0.25, -0.2) is 0 Å². The van der Waals surface area contributed by atoms with E-state index in [1.54, 1.807) is 0 Å². The Balaban J connectivity index is 2.35. The molecule has 0 bridgehead atoms. The smallest absolute Gasteiger partial charge is 0.0685 e. The molecule has 2 unspecified atom stereocenters. The van der Waals surface area contributed by atoms with Crippen LogP contribution in [0.2, 0.25) is 0 Å². The zero-order valence-corrected chi connectivity index (χ0v) is 8.85. The summed E-state index contributed by atoms with van der Waals surface area (Å²) in [4.78, 5) is 0. The summed E-state index contributed by atoms with van der Waals surface area (Å²) in [6.07, 6.45) is 4.41. The Kier molecular flexibility index (Phi) is 2.53. The summed E-state index contributed by atoms with van der Waals surface area (Å²) in [5.74, 6) is 0.599. The molecule has 1 aliphatic carbocycles. The normalized spacial score (nSPS) is 35.2. The molecule has 1 N–H and O–H groups in total. The van der Waals surface area contributed by atoms with Gasteiger partial charge in [-0.15, -0.1) is 0 Å². The molecule has 1 heteroatoms. The van der Waals surface area contributed by atoms with Gasteiger partial charge in [-0.2, -0.15) is 0 Å². The van der Waals surface area contributed by atoms with Crippen LogP contribution in [0.5, 0.6) is 0 Å². The zero-order chi connectivity index (χ0) is 9.41. The van der Waals surface area contributed by atoms with Gasteiger partial charge in [0, 0.05) is 0 Å². The molecule has 2 atom stereocenters. The monoisotopic (exact) mass is 170 g/mol. The second kappa shape index (κ2) is 3.02. The van der Waals surface area contributed by atoms with E-state index in [1.807, 2.05) is 0 Å². The predicted molar refractivity (Wildman–Crippen MR) is 52.0 cm³/mol. The van der Waals surface area contributed by atoms with Gasteiger partial charge in [-0.3, -0.25) is 0 Å². The van der Waals surface area contributed by atoms with Gasteiger partial charge in [0.15, 0.2) is 0 Å². The molecule has 1 fully saturated rings. The average Bonchev–Trinajstić information content (AvgIpc) is 2.37. The second-order valence-electron chi connectivity index (χ2n) is 5.53. The molecule has 0 amide bonds. The van der Waals surface area contributed by atoms with Crippen molar-refractivity contribution in [2.75, 3.05) is 0 Å². The molecule has 72 valence electrons. The minimum atomic E-state index is -0.297. The lowest BCUT2D eigenvalue weighted by molar-refractivity contribution is 0.0804. The molecule has 0 heterocycles. The summed E-state index contributed by atoms with van der Waals surface area (Å²) < 4.78 is 0. The molecular formula is C11H22O. The lowest BCUT2D eigenvalue weighted by atomic mass is 9.87. The first kappa shape index (κ1) is 10.0. The number of rotatable bonds is 3. The van der Waals surface area contributed by atoms with Crippen LogP contribution in [0.25, 0.3) is 0 Å². The molecule has 1 saturated carbocycles. The molecule has 0 aromatic carbocycles. The first-order valence-electron chi connectivity index (χ1n) is 5.10. The van der Waals surface area contributed by atoms with Crippen LogP contribution < -0.4 is 0 Å². The van der Waals surface area contributed by atoms with Crippen molar-refractivity contribution >= 4 is 0 Å². The van der Waals surface area contributed by atoms with E-state index in [9.17, 15) is 5.11 Å². The SMILES string of the molecule is CCCC1CC1(O)CC(C)(C)C. The highest BCUT2D eigenvalue weighted by molar-refractivity contribution is 5.04. The third-order valence-electron chi connectivity index (χ3n) is 2.67. The van der Waals surface area contributed by atoms with Crippen LogP contribution >= 0.6 is 0 Å². The Morgan fingerprint density at radius 2 is 2.00 bits per heavy atom. The lowest BCUT2D eigenvalue weighted by Crippen LogP contribution is -2.20. The summed E-state index contributed by atoms with van der Waals surface area (Å²) in [5, 5.41) is 10.1. The summed E-state index contributed by atoms with van der Waals surface area (Å²) in [7, 11) is 0. The van der Waals surface area contributed by atoms with Gasteiger partial charge in [0.05, 0.1) is 5.60 Å². The fourth-order valence-corrected chi connectivity index (χ4v) is 2.22. The molecule has 0 spiro atoms.